The second-order valence-corrected chi connectivity index (χ2v) is 5.23. The van der Waals surface area contributed by atoms with Crippen LogP contribution in [0.3, 0.4) is 0 Å². The van der Waals surface area contributed by atoms with E-state index in [2.05, 4.69) is 5.10 Å². The third-order valence-electron chi connectivity index (χ3n) is 3.09. The Morgan fingerprint density at radius 2 is 1.56 bits per heavy atom. The molecule has 0 unspecified atom stereocenters. The number of hydrogen-bond acceptors (Lipinski definition) is 5. The van der Waals surface area contributed by atoms with Crippen molar-refractivity contribution in [3.8, 4) is 0 Å². The maximum absolute atomic E-state index is 12.9. The SMILES string of the molecule is CN(C)N=C(CC(O)(C(F)(F)F)C(F)(F)F)c1ccc([N+](=O)[O-])cc1. The van der Waals surface area contributed by atoms with Crippen LogP contribution in [0.4, 0.5) is 32.0 Å². The standard InChI is InChI=1S/C13H13F6N3O3/c1-21(2)20-10(8-3-5-9(6-4-8)22(24)25)7-11(23,12(14,15)16)13(17,18)19/h3-6,23H,7H2,1-2H3. The highest BCUT2D eigenvalue weighted by Gasteiger charge is 2.70. The summed E-state index contributed by atoms with van der Waals surface area (Å²) in [4.78, 5) is 9.80. The Labute approximate surface area is 137 Å². The fraction of sp³-hybridized carbons (Fsp3) is 0.462. The Morgan fingerprint density at radius 3 is 1.88 bits per heavy atom. The van der Waals surface area contributed by atoms with E-state index in [9.17, 15) is 41.6 Å². The molecule has 0 saturated heterocycles. The van der Waals surface area contributed by atoms with Crippen LogP contribution in [-0.4, -0.2) is 52.8 Å². The van der Waals surface area contributed by atoms with Crippen molar-refractivity contribution in [3.05, 3.63) is 39.9 Å². The Hall–Kier alpha value is -2.37. The average molecular weight is 373 g/mol. The third kappa shape index (κ3) is 4.59. The number of rotatable bonds is 5. The molecule has 12 heteroatoms. The molecule has 0 fully saturated rings. The summed E-state index contributed by atoms with van der Waals surface area (Å²) in [5.41, 5.74) is -6.39. The van der Waals surface area contributed by atoms with Gasteiger partial charge in [0.15, 0.2) is 0 Å². The number of alkyl halides is 6. The summed E-state index contributed by atoms with van der Waals surface area (Å²) in [6, 6.07) is 3.71. The molecular formula is C13H13F6N3O3. The van der Waals surface area contributed by atoms with Crippen LogP contribution in [0.2, 0.25) is 0 Å². The van der Waals surface area contributed by atoms with Crippen molar-refractivity contribution in [1.29, 1.82) is 0 Å². The minimum Gasteiger partial charge on any atom is -0.373 e. The van der Waals surface area contributed by atoms with E-state index in [4.69, 9.17) is 0 Å². The number of nitro benzene ring substituents is 1. The van der Waals surface area contributed by atoms with Crippen LogP contribution >= 0.6 is 0 Å². The van der Waals surface area contributed by atoms with Gasteiger partial charge in [-0.15, -0.1) is 0 Å². The minimum absolute atomic E-state index is 0.230. The molecule has 0 saturated carbocycles. The van der Waals surface area contributed by atoms with Gasteiger partial charge >= 0.3 is 12.4 Å². The first-order chi connectivity index (χ1) is 11.2. The topological polar surface area (TPSA) is 79.0 Å². The fourth-order valence-corrected chi connectivity index (χ4v) is 1.82. The smallest absolute Gasteiger partial charge is 0.373 e. The van der Waals surface area contributed by atoms with Gasteiger partial charge in [-0.2, -0.15) is 31.4 Å². The van der Waals surface area contributed by atoms with E-state index < -0.39 is 40.7 Å². The molecule has 0 spiro atoms. The molecule has 0 atom stereocenters. The molecule has 1 aromatic rings. The van der Waals surface area contributed by atoms with E-state index in [1.54, 1.807) is 0 Å². The molecule has 0 aliphatic carbocycles. The van der Waals surface area contributed by atoms with Gasteiger partial charge in [0.1, 0.15) is 0 Å². The van der Waals surface area contributed by atoms with Crippen molar-refractivity contribution in [2.75, 3.05) is 14.1 Å². The zero-order valence-corrected chi connectivity index (χ0v) is 12.9. The van der Waals surface area contributed by atoms with Crippen molar-refractivity contribution >= 4 is 11.4 Å². The summed E-state index contributed by atoms with van der Waals surface area (Å²) >= 11 is 0. The first-order valence-electron chi connectivity index (χ1n) is 6.54. The summed E-state index contributed by atoms with van der Waals surface area (Å²) in [5.74, 6) is 0. The Bertz CT molecular complexity index is 638. The van der Waals surface area contributed by atoms with Gasteiger partial charge in [-0.25, -0.2) is 0 Å². The van der Waals surface area contributed by atoms with Crippen LogP contribution in [0.15, 0.2) is 29.4 Å². The van der Waals surface area contributed by atoms with Crippen molar-refractivity contribution in [2.24, 2.45) is 5.10 Å². The molecule has 0 bridgehead atoms. The van der Waals surface area contributed by atoms with E-state index in [0.29, 0.717) is 0 Å². The monoisotopic (exact) mass is 373 g/mol. The van der Waals surface area contributed by atoms with Crippen molar-refractivity contribution < 1.29 is 36.4 Å². The number of benzene rings is 1. The summed E-state index contributed by atoms with van der Waals surface area (Å²) in [7, 11) is 2.51. The van der Waals surface area contributed by atoms with E-state index in [1.807, 2.05) is 0 Å². The molecule has 0 aromatic heterocycles. The number of non-ortho nitro benzene ring substituents is 1. The predicted molar refractivity (Wildman–Crippen MR) is 75.0 cm³/mol. The van der Waals surface area contributed by atoms with Crippen LogP contribution in [0.1, 0.15) is 12.0 Å². The zero-order chi connectivity index (χ0) is 19.6. The van der Waals surface area contributed by atoms with Crippen molar-refractivity contribution in [1.82, 2.24) is 5.01 Å². The summed E-state index contributed by atoms with van der Waals surface area (Å²) < 4.78 is 77.1. The van der Waals surface area contributed by atoms with Crippen LogP contribution in [0.5, 0.6) is 0 Å². The first kappa shape index (κ1) is 20.7. The second kappa shape index (κ2) is 6.86. The Kier molecular flexibility index (Phi) is 5.67. The molecule has 0 amide bonds. The summed E-state index contributed by atoms with van der Waals surface area (Å²) in [6.45, 7) is 0. The molecule has 25 heavy (non-hydrogen) atoms. The second-order valence-electron chi connectivity index (χ2n) is 5.23. The Balaban J connectivity index is 3.39. The maximum Gasteiger partial charge on any atom is 0.426 e. The number of nitrogens with zero attached hydrogens (tertiary/aromatic N) is 3. The van der Waals surface area contributed by atoms with E-state index in [-0.39, 0.29) is 5.56 Å². The van der Waals surface area contributed by atoms with Crippen molar-refractivity contribution in [2.45, 2.75) is 24.4 Å². The van der Waals surface area contributed by atoms with Crippen molar-refractivity contribution in [3.63, 3.8) is 0 Å². The van der Waals surface area contributed by atoms with Gasteiger partial charge in [0.2, 0.25) is 0 Å². The number of aliphatic hydroxyl groups is 1. The predicted octanol–water partition coefficient (Wildman–Crippen LogP) is 3.11. The summed E-state index contributed by atoms with van der Waals surface area (Å²) in [5, 5.41) is 24.4. The third-order valence-corrected chi connectivity index (χ3v) is 3.09. The number of nitro groups is 1. The van der Waals surface area contributed by atoms with Gasteiger partial charge in [-0.3, -0.25) is 10.1 Å². The average Bonchev–Trinajstić information content (AvgIpc) is 2.43. The van der Waals surface area contributed by atoms with E-state index in [0.717, 1.165) is 29.3 Å². The highest BCUT2D eigenvalue weighted by atomic mass is 19.4. The van der Waals surface area contributed by atoms with Gasteiger partial charge < -0.3 is 10.1 Å². The quantitative estimate of drug-likeness (QED) is 0.372. The number of halogens is 6. The molecule has 1 rings (SSSR count). The lowest BCUT2D eigenvalue weighted by atomic mass is 9.91. The lowest BCUT2D eigenvalue weighted by molar-refractivity contribution is -0.384. The molecule has 0 radical (unpaired) electrons. The fourth-order valence-electron chi connectivity index (χ4n) is 1.82. The number of hydrogen-bond donors (Lipinski definition) is 1. The van der Waals surface area contributed by atoms with E-state index in [1.165, 1.54) is 14.1 Å². The van der Waals surface area contributed by atoms with Crippen LogP contribution in [0.25, 0.3) is 0 Å². The highest BCUT2D eigenvalue weighted by molar-refractivity contribution is 6.01. The molecule has 140 valence electrons. The van der Waals surface area contributed by atoms with E-state index >= 15 is 0 Å². The van der Waals surface area contributed by atoms with Gasteiger partial charge in [0.25, 0.3) is 11.3 Å². The number of hydrazone groups is 1. The zero-order valence-electron chi connectivity index (χ0n) is 12.9. The molecule has 0 aliphatic rings. The maximum atomic E-state index is 12.9. The van der Waals surface area contributed by atoms with Gasteiger partial charge in [0.05, 0.1) is 10.6 Å². The molecule has 6 nitrogen and oxygen atoms in total. The van der Waals surface area contributed by atoms with Crippen LogP contribution in [0, 0.1) is 10.1 Å². The lowest BCUT2D eigenvalue weighted by Crippen LogP contribution is -2.58. The largest absolute Gasteiger partial charge is 0.426 e. The van der Waals surface area contributed by atoms with Crippen LogP contribution in [-0.2, 0) is 0 Å². The first-order valence-corrected chi connectivity index (χ1v) is 6.54. The molecule has 0 aliphatic heterocycles. The molecule has 0 heterocycles. The van der Waals surface area contributed by atoms with Gasteiger partial charge in [-0.1, -0.05) is 0 Å². The molecular weight excluding hydrogens is 360 g/mol. The van der Waals surface area contributed by atoms with Gasteiger partial charge in [-0.05, 0) is 17.7 Å². The Morgan fingerprint density at radius 1 is 1.12 bits per heavy atom. The highest BCUT2D eigenvalue weighted by Crippen LogP contribution is 2.45. The van der Waals surface area contributed by atoms with Gasteiger partial charge in [0, 0.05) is 32.6 Å². The summed E-state index contributed by atoms with van der Waals surface area (Å²) in [6.07, 6.45) is -13.9. The molecule has 1 N–H and O–H groups in total. The normalized spacial score (nSPS) is 13.7. The lowest BCUT2D eigenvalue weighted by Gasteiger charge is -2.32. The molecule has 1 aromatic carbocycles. The minimum atomic E-state index is -6.00. The van der Waals surface area contributed by atoms with Crippen LogP contribution < -0.4 is 0 Å².